The van der Waals surface area contributed by atoms with Crippen LogP contribution in [0.15, 0.2) is 53.0 Å². The summed E-state index contributed by atoms with van der Waals surface area (Å²) in [5.74, 6) is -0.560. The molecular formula is C18H14BrNO3. The van der Waals surface area contributed by atoms with E-state index in [-0.39, 0.29) is 25.2 Å². The molecule has 2 rings (SSSR count). The standard InChI is InChI=1S/C18H14BrNO3/c19-16-7-5-13(6-8-16)17(21)9-10-18(22)23-12-15-4-2-1-3-14(15)11-20/h1-8H,9-10,12H2. The van der Waals surface area contributed by atoms with Crippen LogP contribution in [-0.2, 0) is 16.1 Å². The van der Waals surface area contributed by atoms with Crippen molar-refractivity contribution in [2.24, 2.45) is 0 Å². The molecule has 0 aliphatic heterocycles. The van der Waals surface area contributed by atoms with Gasteiger partial charge in [0.1, 0.15) is 6.61 Å². The van der Waals surface area contributed by atoms with E-state index in [1.165, 1.54) is 0 Å². The third kappa shape index (κ3) is 5.04. The number of nitrogens with zero attached hydrogens (tertiary/aromatic N) is 1. The van der Waals surface area contributed by atoms with E-state index in [2.05, 4.69) is 15.9 Å². The molecule has 0 fully saturated rings. The third-order valence-electron chi connectivity index (χ3n) is 3.25. The summed E-state index contributed by atoms with van der Waals surface area (Å²) >= 11 is 3.30. The molecule has 0 aliphatic carbocycles. The molecule has 0 radical (unpaired) electrons. The lowest BCUT2D eigenvalue weighted by Crippen LogP contribution is -2.08. The lowest BCUT2D eigenvalue weighted by Gasteiger charge is -2.06. The summed E-state index contributed by atoms with van der Waals surface area (Å²) in [6, 6.07) is 16.0. The number of esters is 1. The molecule has 0 N–H and O–H groups in total. The first-order valence-electron chi connectivity index (χ1n) is 7.02. The molecular weight excluding hydrogens is 358 g/mol. The number of carbonyl (C=O) groups is 2. The molecule has 0 saturated carbocycles. The Bertz CT molecular complexity index is 748. The molecule has 0 atom stereocenters. The molecule has 0 aromatic heterocycles. The quantitative estimate of drug-likeness (QED) is 0.567. The molecule has 23 heavy (non-hydrogen) atoms. The van der Waals surface area contributed by atoms with Gasteiger partial charge in [0.05, 0.1) is 18.1 Å². The van der Waals surface area contributed by atoms with Gasteiger partial charge >= 0.3 is 5.97 Å². The Morgan fingerprint density at radius 1 is 1.04 bits per heavy atom. The van der Waals surface area contributed by atoms with E-state index in [1.54, 1.807) is 48.5 Å². The molecule has 5 heteroatoms. The van der Waals surface area contributed by atoms with Crippen LogP contribution in [0.3, 0.4) is 0 Å². The highest BCUT2D eigenvalue weighted by Crippen LogP contribution is 2.13. The molecule has 0 unspecified atom stereocenters. The second-order valence-electron chi connectivity index (χ2n) is 4.86. The normalized spacial score (nSPS) is 9.91. The summed E-state index contributed by atoms with van der Waals surface area (Å²) in [5.41, 5.74) is 1.70. The van der Waals surface area contributed by atoms with Gasteiger partial charge in [-0.2, -0.15) is 5.26 Å². The number of hydrogen-bond donors (Lipinski definition) is 0. The van der Waals surface area contributed by atoms with Gasteiger partial charge in [-0.3, -0.25) is 9.59 Å². The van der Waals surface area contributed by atoms with Gasteiger partial charge in [0.15, 0.2) is 5.78 Å². The largest absolute Gasteiger partial charge is 0.461 e. The van der Waals surface area contributed by atoms with Gasteiger partial charge < -0.3 is 4.74 Å². The van der Waals surface area contributed by atoms with Crippen LogP contribution in [-0.4, -0.2) is 11.8 Å². The molecule has 0 saturated heterocycles. The minimum Gasteiger partial charge on any atom is -0.461 e. The van der Waals surface area contributed by atoms with Crippen molar-refractivity contribution in [1.82, 2.24) is 0 Å². The van der Waals surface area contributed by atoms with Gasteiger partial charge in [-0.1, -0.05) is 46.3 Å². The fourth-order valence-corrected chi connectivity index (χ4v) is 2.25. The van der Waals surface area contributed by atoms with E-state index in [9.17, 15) is 9.59 Å². The molecule has 0 heterocycles. The lowest BCUT2D eigenvalue weighted by molar-refractivity contribution is -0.144. The second-order valence-corrected chi connectivity index (χ2v) is 5.78. The zero-order valence-corrected chi connectivity index (χ0v) is 13.9. The summed E-state index contributed by atoms with van der Waals surface area (Å²) in [6.45, 7) is 0.0367. The highest BCUT2D eigenvalue weighted by atomic mass is 79.9. The molecule has 2 aromatic rings. The maximum Gasteiger partial charge on any atom is 0.306 e. The SMILES string of the molecule is N#Cc1ccccc1COC(=O)CCC(=O)c1ccc(Br)cc1. The number of rotatable bonds is 6. The van der Waals surface area contributed by atoms with Crippen LogP contribution in [0.4, 0.5) is 0 Å². The van der Waals surface area contributed by atoms with E-state index >= 15 is 0 Å². The van der Waals surface area contributed by atoms with Crippen molar-refractivity contribution in [3.63, 3.8) is 0 Å². The van der Waals surface area contributed by atoms with E-state index in [1.807, 2.05) is 6.07 Å². The molecule has 0 spiro atoms. The summed E-state index contributed by atoms with van der Waals surface area (Å²) in [7, 11) is 0. The number of nitriles is 1. The Morgan fingerprint density at radius 3 is 2.43 bits per heavy atom. The maximum absolute atomic E-state index is 12.0. The average molecular weight is 372 g/mol. The van der Waals surface area contributed by atoms with Crippen LogP contribution in [0.25, 0.3) is 0 Å². The monoisotopic (exact) mass is 371 g/mol. The average Bonchev–Trinajstić information content (AvgIpc) is 2.58. The Kier molecular flexibility index (Phi) is 6.07. The molecule has 0 aliphatic rings. The number of Topliss-reactive ketones (excluding diaryl/α,β-unsaturated/α-hetero) is 1. The van der Waals surface area contributed by atoms with Gasteiger partial charge in [-0.15, -0.1) is 0 Å². The van der Waals surface area contributed by atoms with Crippen molar-refractivity contribution in [2.45, 2.75) is 19.4 Å². The molecule has 2 aromatic carbocycles. The first-order valence-corrected chi connectivity index (χ1v) is 7.82. The van der Waals surface area contributed by atoms with E-state index in [0.717, 1.165) is 4.47 Å². The summed E-state index contributed by atoms with van der Waals surface area (Å²) in [5, 5.41) is 8.97. The van der Waals surface area contributed by atoms with Crippen LogP contribution >= 0.6 is 15.9 Å². The van der Waals surface area contributed by atoms with Crippen molar-refractivity contribution in [1.29, 1.82) is 5.26 Å². The molecule has 0 bridgehead atoms. The highest BCUT2D eigenvalue weighted by Gasteiger charge is 2.11. The Balaban J connectivity index is 1.82. The van der Waals surface area contributed by atoms with Crippen molar-refractivity contribution < 1.29 is 14.3 Å². The zero-order chi connectivity index (χ0) is 16.7. The minimum absolute atomic E-state index is 0.0175. The van der Waals surface area contributed by atoms with Gasteiger partial charge in [0, 0.05) is 22.0 Å². The highest BCUT2D eigenvalue weighted by molar-refractivity contribution is 9.10. The summed E-state index contributed by atoms with van der Waals surface area (Å²) in [6.07, 6.45) is 0.115. The van der Waals surface area contributed by atoms with Crippen molar-refractivity contribution in [2.75, 3.05) is 0 Å². The predicted octanol–water partition coefficient (Wildman–Crippen LogP) is 4.03. The van der Waals surface area contributed by atoms with Gasteiger partial charge in [0.2, 0.25) is 0 Å². The van der Waals surface area contributed by atoms with Gasteiger partial charge in [-0.25, -0.2) is 0 Å². The minimum atomic E-state index is -0.455. The van der Waals surface area contributed by atoms with Gasteiger partial charge in [0.25, 0.3) is 0 Å². The van der Waals surface area contributed by atoms with Crippen LogP contribution in [0, 0.1) is 11.3 Å². The number of hydrogen-bond acceptors (Lipinski definition) is 4. The molecule has 0 amide bonds. The summed E-state index contributed by atoms with van der Waals surface area (Å²) in [4.78, 5) is 23.7. The summed E-state index contributed by atoms with van der Waals surface area (Å²) < 4.78 is 6.02. The first-order chi connectivity index (χ1) is 11.1. The van der Waals surface area contributed by atoms with E-state index in [0.29, 0.717) is 16.7 Å². The predicted molar refractivity (Wildman–Crippen MR) is 88.7 cm³/mol. The molecule has 116 valence electrons. The number of ketones is 1. The number of benzene rings is 2. The smallest absolute Gasteiger partial charge is 0.306 e. The fraction of sp³-hybridized carbons (Fsp3) is 0.167. The Hall–Kier alpha value is -2.45. The number of halogens is 1. The molecule has 4 nitrogen and oxygen atoms in total. The number of carbonyl (C=O) groups excluding carboxylic acids is 2. The van der Waals surface area contributed by atoms with Crippen molar-refractivity contribution in [3.8, 4) is 6.07 Å². The third-order valence-corrected chi connectivity index (χ3v) is 3.78. The van der Waals surface area contributed by atoms with Crippen LogP contribution in [0.2, 0.25) is 0 Å². The lowest BCUT2D eigenvalue weighted by atomic mass is 10.1. The fourth-order valence-electron chi connectivity index (χ4n) is 1.98. The van der Waals surface area contributed by atoms with Crippen molar-refractivity contribution >= 4 is 27.7 Å². The van der Waals surface area contributed by atoms with Crippen molar-refractivity contribution in [3.05, 3.63) is 69.7 Å². The van der Waals surface area contributed by atoms with Gasteiger partial charge in [-0.05, 0) is 18.2 Å². The topological polar surface area (TPSA) is 67.2 Å². The van der Waals surface area contributed by atoms with Crippen LogP contribution in [0.1, 0.15) is 34.3 Å². The Labute approximate surface area is 142 Å². The van der Waals surface area contributed by atoms with Crippen LogP contribution < -0.4 is 0 Å². The second kappa shape index (κ2) is 8.25. The Morgan fingerprint density at radius 2 is 1.74 bits per heavy atom. The van der Waals surface area contributed by atoms with E-state index in [4.69, 9.17) is 10.00 Å². The maximum atomic E-state index is 12.0. The zero-order valence-electron chi connectivity index (χ0n) is 12.3. The number of ether oxygens (including phenoxy) is 1. The first kappa shape index (κ1) is 16.9. The van der Waals surface area contributed by atoms with E-state index < -0.39 is 5.97 Å². The van der Waals surface area contributed by atoms with Crippen LogP contribution in [0.5, 0.6) is 0 Å².